The highest BCUT2D eigenvalue weighted by atomic mass is 16.6. The quantitative estimate of drug-likeness (QED) is 0.811. The van der Waals surface area contributed by atoms with E-state index in [9.17, 15) is 4.79 Å². The van der Waals surface area contributed by atoms with Crippen molar-refractivity contribution in [2.75, 3.05) is 13.1 Å². The second-order valence-corrected chi connectivity index (χ2v) is 7.74. The number of likely N-dealkylation sites (tertiary alicyclic amines) is 1. The minimum absolute atomic E-state index is 0.153. The first-order valence-electron chi connectivity index (χ1n) is 8.42. The van der Waals surface area contributed by atoms with Crippen LogP contribution in [0.5, 0.6) is 0 Å². The fraction of sp³-hybridized carbons (Fsp3) is 0.941. The van der Waals surface area contributed by atoms with Crippen LogP contribution in [0, 0.1) is 5.92 Å². The molecule has 0 spiro atoms. The van der Waals surface area contributed by atoms with Gasteiger partial charge in [-0.05, 0) is 65.8 Å². The van der Waals surface area contributed by atoms with E-state index in [2.05, 4.69) is 26.1 Å². The molecule has 1 amide bonds. The van der Waals surface area contributed by atoms with Crippen molar-refractivity contribution in [3.63, 3.8) is 0 Å². The van der Waals surface area contributed by atoms with Crippen molar-refractivity contribution in [2.45, 2.75) is 84.9 Å². The van der Waals surface area contributed by atoms with Crippen molar-refractivity contribution in [2.24, 2.45) is 5.92 Å². The Morgan fingerprint density at radius 2 is 2.00 bits per heavy atom. The Bertz CT molecular complexity index is 323. The van der Waals surface area contributed by atoms with Crippen molar-refractivity contribution in [3.8, 4) is 0 Å². The third-order valence-electron chi connectivity index (χ3n) is 3.80. The number of hydrogen-bond acceptors (Lipinski definition) is 3. The molecule has 1 N–H and O–H groups in total. The molecule has 21 heavy (non-hydrogen) atoms. The standard InChI is InChI=1S/C17H34N2O2/c1-13(2)12-14(3)18-10-9-15-8-7-11-19(15)16(20)21-17(4,5)6/h13-15,18H,7-12H2,1-6H3. The normalized spacial score (nSPS) is 20.9. The van der Waals surface area contributed by atoms with Gasteiger partial charge in [-0.15, -0.1) is 0 Å². The summed E-state index contributed by atoms with van der Waals surface area (Å²) in [5, 5.41) is 3.57. The molecule has 1 aliphatic rings. The van der Waals surface area contributed by atoms with E-state index in [1.165, 1.54) is 6.42 Å². The molecule has 1 fully saturated rings. The van der Waals surface area contributed by atoms with Crippen LogP contribution in [0.3, 0.4) is 0 Å². The zero-order valence-electron chi connectivity index (χ0n) is 14.7. The summed E-state index contributed by atoms with van der Waals surface area (Å²) in [4.78, 5) is 14.1. The largest absolute Gasteiger partial charge is 0.444 e. The van der Waals surface area contributed by atoms with Crippen molar-refractivity contribution in [1.29, 1.82) is 0 Å². The van der Waals surface area contributed by atoms with Crippen LogP contribution in [-0.2, 0) is 4.74 Å². The summed E-state index contributed by atoms with van der Waals surface area (Å²) in [5.74, 6) is 0.720. The maximum Gasteiger partial charge on any atom is 0.410 e. The molecule has 2 unspecified atom stereocenters. The van der Waals surface area contributed by atoms with Crippen LogP contribution < -0.4 is 5.32 Å². The topological polar surface area (TPSA) is 41.6 Å². The first-order valence-corrected chi connectivity index (χ1v) is 8.42. The van der Waals surface area contributed by atoms with Gasteiger partial charge in [-0.3, -0.25) is 0 Å². The van der Waals surface area contributed by atoms with E-state index in [4.69, 9.17) is 4.74 Å². The van der Waals surface area contributed by atoms with E-state index in [-0.39, 0.29) is 6.09 Å². The molecule has 4 nitrogen and oxygen atoms in total. The number of nitrogens with zero attached hydrogens (tertiary/aromatic N) is 1. The molecule has 1 aliphatic heterocycles. The number of amides is 1. The van der Waals surface area contributed by atoms with Gasteiger partial charge in [0.25, 0.3) is 0 Å². The number of rotatable bonds is 6. The fourth-order valence-electron chi connectivity index (χ4n) is 2.98. The van der Waals surface area contributed by atoms with Gasteiger partial charge < -0.3 is 15.0 Å². The van der Waals surface area contributed by atoms with Gasteiger partial charge >= 0.3 is 6.09 Å². The van der Waals surface area contributed by atoms with E-state index in [0.717, 1.165) is 38.3 Å². The highest BCUT2D eigenvalue weighted by molar-refractivity contribution is 5.68. The Balaban J connectivity index is 2.35. The van der Waals surface area contributed by atoms with E-state index in [0.29, 0.717) is 12.1 Å². The predicted octanol–water partition coefficient (Wildman–Crippen LogP) is 3.80. The predicted molar refractivity (Wildman–Crippen MR) is 87.5 cm³/mol. The molecular weight excluding hydrogens is 264 g/mol. The highest BCUT2D eigenvalue weighted by Crippen LogP contribution is 2.22. The summed E-state index contributed by atoms with van der Waals surface area (Å²) in [6.45, 7) is 14.3. The van der Waals surface area contributed by atoms with Crippen LogP contribution in [-0.4, -0.2) is 41.8 Å². The van der Waals surface area contributed by atoms with E-state index < -0.39 is 5.60 Å². The Morgan fingerprint density at radius 3 is 2.57 bits per heavy atom. The monoisotopic (exact) mass is 298 g/mol. The van der Waals surface area contributed by atoms with Crippen LogP contribution >= 0.6 is 0 Å². The number of carbonyl (C=O) groups is 1. The maximum atomic E-state index is 12.2. The lowest BCUT2D eigenvalue weighted by atomic mass is 10.0. The van der Waals surface area contributed by atoms with Crippen molar-refractivity contribution in [3.05, 3.63) is 0 Å². The minimum Gasteiger partial charge on any atom is -0.444 e. The second kappa shape index (κ2) is 8.02. The molecule has 4 heteroatoms. The summed E-state index contributed by atoms with van der Waals surface area (Å²) in [6.07, 6.45) is 4.24. The molecule has 124 valence electrons. The third-order valence-corrected chi connectivity index (χ3v) is 3.80. The maximum absolute atomic E-state index is 12.2. The zero-order chi connectivity index (χ0) is 16.0. The molecule has 1 heterocycles. The van der Waals surface area contributed by atoms with Gasteiger partial charge in [0.05, 0.1) is 0 Å². The van der Waals surface area contributed by atoms with Crippen molar-refractivity contribution in [1.82, 2.24) is 10.2 Å². The van der Waals surface area contributed by atoms with E-state index in [1.54, 1.807) is 0 Å². The minimum atomic E-state index is -0.408. The summed E-state index contributed by atoms with van der Waals surface area (Å²) in [6, 6.07) is 0.875. The van der Waals surface area contributed by atoms with Gasteiger partial charge in [-0.25, -0.2) is 4.79 Å². The Hall–Kier alpha value is -0.770. The lowest BCUT2D eigenvalue weighted by molar-refractivity contribution is 0.0220. The molecular formula is C17H34N2O2. The average molecular weight is 298 g/mol. The number of ether oxygens (including phenoxy) is 1. The van der Waals surface area contributed by atoms with Crippen molar-refractivity contribution >= 4 is 6.09 Å². The zero-order valence-corrected chi connectivity index (χ0v) is 14.7. The summed E-state index contributed by atoms with van der Waals surface area (Å²) in [5.41, 5.74) is -0.408. The summed E-state index contributed by atoms with van der Waals surface area (Å²) in [7, 11) is 0. The molecule has 0 bridgehead atoms. The highest BCUT2D eigenvalue weighted by Gasteiger charge is 2.31. The van der Waals surface area contributed by atoms with Gasteiger partial charge in [-0.1, -0.05) is 13.8 Å². The molecule has 1 saturated heterocycles. The Kier molecular flexibility index (Phi) is 6.98. The number of hydrogen-bond donors (Lipinski definition) is 1. The van der Waals surface area contributed by atoms with Crippen LogP contribution in [0.15, 0.2) is 0 Å². The van der Waals surface area contributed by atoms with Gasteiger partial charge in [-0.2, -0.15) is 0 Å². The van der Waals surface area contributed by atoms with Gasteiger partial charge in [0.15, 0.2) is 0 Å². The SMILES string of the molecule is CC(C)CC(C)NCCC1CCCN1C(=O)OC(C)(C)C. The van der Waals surface area contributed by atoms with E-state index >= 15 is 0 Å². The van der Waals surface area contributed by atoms with E-state index in [1.807, 2.05) is 25.7 Å². The summed E-state index contributed by atoms with van der Waals surface area (Å²) < 4.78 is 5.50. The van der Waals surface area contributed by atoms with Crippen molar-refractivity contribution < 1.29 is 9.53 Å². The third kappa shape index (κ3) is 7.16. The van der Waals surface area contributed by atoms with Gasteiger partial charge in [0, 0.05) is 18.6 Å². The Labute approximate surface area is 130 Å². The molecule has 0 aromatic heterocycles. The number of nitrogens with one attached hydrogen (secondary N) is 1. The molecule has 0 radical (unpaired) electrons. The lowest BCUT2D eigenvalue weighted by Gasteiger charge is -2.29. The molecule has 0 aliphatic carbocycles. The summed E-state index contributed by atoms with van der Waals surface area (Å²) >= 11 is 0. The molecule has 1 rings (SSSR count). The first-order chi connectivity index (χ1) is 9.69. The first kappa shape index (κ1) is 18.3. The Morgan fingerprint density at radius 1 is 1.33 bits per heavy atom. The molecule has 2 atom stereocenters. The smallest absolute Gasteiger partial charge is 0.410 e. The molecule has 0 aromatic rings. The molecule has 0 saturated carbocycles. The van der Waals surface area contributed by atoms with Gasteiger partial charge in [0.1, 0.15) is 5.60 Å². The van der Waals surface area contributed by atoms with Crippen LogP contribution in [0.1, 0.15) is 67.2 Å². The fourth-order valence-corrected chi connectivity index (χ4v) is 2.98. The lowest BCUT2D eigenvalue weighted by Crippen LogP contribution is -2.41. The molecule has 0 aromatic carbocycles. The van der Waals surface area contributed by atoms with Crippen LogP contribution in [0.25, 0.3) is 0 Å². The van der Waals surface area contributed by atoms with Crippen LogP contribution in [0.2, 0.25) is 0 Å². The second-order valence-electron chi connectivity index (χ2n) is 7.74. The average Bonchev–Trinajstić information content (AvgIpc) is 2.73. The number of carbonyl (C=O) groups excluding carboxylic acids is 1. The van der Waals surface area contributed by atoms with Gasteiger partial charge in [0.2, 0.25) is 0 Å². The van der Waals surface area contributed by atoms with Crippen LogP contribution in [0.4, 0.5) is 4.79 Å².